The summed E-state index contributed by atoms with van der Waals surface area (Å²) in [5.41, 5.74) is 1.03. The van der Waals surface area contributed by atoms with Crippen molar-refractivity contribution in [1.82, 2.24) is 4.90 Å². The van der Waals surface area contributed by atoms with Gasteiger partial charge in [0.2, 0.25) is 11.8 Å². The van der Waals surface area contributed by atoms with E-state index in [1.54, 1.807) is 11.8 Å². The van der Waals surface area contributed by atoms with E-state index in [-0.39, 0.29) is 17.2 Å². The fourth-order valence-electron chi connectivity index (χ4n) is 2.36. The molecule has 1 unspecified atom stereocenters. The Morgan fingerprint density at radius 3 is 2.48 bits per heavy atom. The van der Waals surface area contributed by atoms with Crippen molar-refractivity contribution in [2.75, 3.05) is 5.75 Å². The number of likely N-dealkylation sites (tertiary alicyclic amines) is 1. The molecule has 3 nitrogen and oxygen atoms in total. The third-order valence-corrected chi connectivity index (χ3v) is 4.76. The van der Waals surface area contributed by atoms with Crippen molar-refractivity contribution in [2.24, 2.45) is 0 Å². The number of carbonyl (C=O) groups excluding carboxylic acids is 2. The molecule has 0 radical (unpaired) electrons. The zero-order valence-electron chi connectivity index (χ0n) is 12.3. The maximum atomic E-state index is 12.0. The fourth-order valence-corrected chi connectivity index (χ4v) is 3.65. The zero-order valence-corrected chi connectivity index (χ0v) is 13.1. The number of amides is 2. The van der Waals surface area contributed by atoms with Gasteiger partial charge in [0.1, 0.15) is 5.37 Å². The molecule has 1 aliphatic rings. The Labute approximate surface area is 130 Å². The van der Waals surface area contributed by atoms with E-state index in [1.807, 2.05) is 43.3 Å². The molecule has 1 aromatic carbocycles. The van der Waals surface area contributed by atoms with E-state index in [1.165, 1.54) is 4.90 Å². The van der Waals surface area contributed by atoms with E-state index in [9.17, 15) is 9.59 Å². The number of thioether (sulfide) groups is 1. The number of imide groups is 1. The molecule has 0 saturated carbocycles. The normalized spacial score (nSPS) is 16.9. The zero-order chi connectivity index (χ0) is 15.1. The molecule has 1 saturated heterocycles. The highest BCUT2D eigenvalue weighted by Crippen LogP contribution is 2.36. The molecule has 1 aliphatic heterocycles. The standard InChI is InChI=1S/C17H21NO2S/c1-2-3-4-8-13-21-17(14-9-6-5-7-10-14)18-15(19)11-12-16(18)20/h2-3,5-7,9-10,17H,4,8,11-13H2,1H3/b3-2+. The minimum Gasteiger partial charge on any atom is -0.274 e. The largest absolute Gasteiger partial charge is 0.274 e. The molecular formula is C17H21NO2S. The van der Waals surface area contributed by atoms with Gasteiger partial charge in [-0.1, -0.05) is 42.5 Å². The lowest BCUT2D eigenvalue weighted by Gasteiger charge is -2.26. The third kappa shape index (κ3) is 4.21. The lowest BCUT2D eigenvalue weighted by molar-refractivity contribution is -0.139. The Hall–Kier alpha value is -1.55. The van der Waals surface area contributed by atoms with Crippen LogP contribution in [0.1, 0.15) is 43.5 Å². The quantitative estimate of drug-likeness (QED) is 0.435. The Balaban J connectivity index is 2.07. The van der Waals surface area contributed by atoms with Gasteiger partial charge in [-0.3, -0.25) is 14.5 Å². The molecule has 0 N–H and O–H groups in total. The summed E-state index contributed by atoms with van der Waals surface area (Å²) < 4.78 is 0. The highest BCUT2D eigenvalue weighted by atomic mass is 32.2. The van der Waals surface area contributed by atoms with Gasteiger partial charge in [-0.25, -0.2) is 0 Å². The maximum Gasteiger partial charge on any atom is 0.230 e. The summed E-state index contributed by atoms with van der Waals surface area (Å²) in [6, 6.07) is 9.83. The third-order valence-electron chi connectivity index (χ3n) is 3.44. The Kier molecular flexibility index (Phi) is 6.05. The summed E-state index contributed by atoms with van der Waals surface area (Å²) in [7, 11) is 0. The average Bonchev–Trinajstić information content (AvgIpc) is 2.83. The van der Waals surface area contributed by atoms with Gasteiger partial charge in [0.15, 0.2) is 0 Å². The molecular weight excluding hydrogens is 282 g/mol. The summed E-state index contributed by atoms with van der Waals surface area (Å²) in [6.07, 6.45) is 6.97. The Morgan fingerprint density at radius 2 is 1.86 bits per heavy atom. The molecule has 1 fully saturated rings. The summed E-state index contributed by atoms with van der Waals surface area (Å²) in [5, 5.41) is -0.181. The van der Waals surface area contributed by atoms with E-state index >= 15 is 0 Å². The second kappa shape index (κ2) is 8.03. The first-order chi connectivity index (χ1) is 10.2. The average molecular weight is 303 g/mol. The van der Waals surface area contributed by atoms with Crippen LogP contribution in [0.2, 0.25) is 0 Å². The number of hydrogen-bond acceptors (Lipinski definition) is 3. The predicted molar refractivity (Wildman–Crippen MR) is 86.8 cm³/mol. The van der Waals surface area contributed by atoms with Crippen LogP contribution >= 0.6 is 11.8 Å². The number of allylic oxidation sites excluding steroid dienone is 2. The number of hydrogen-bond donors (Lipinski definition) is 0. The second-order valence-corrected chi connectivity index (χ2v) is 6.19. The van der Waals surface area contributed by atoms with Gasteiger partial charge in [-0.15, -0.1) is 11.8 Å². The topological polar surface area (TPSA) is 37.4 Å². The van der Waals surface area contributed by atoms with E-state index in [0.29, 0.717) is 12.8 Å². The molecule has 0 aliphatic carbocycles. The van der Waals surface area contributed by atoms with Crippen molar-refractivity contribution in [3.05, 3.63) is 48.0 Å². The van der Waals surface area contributed by atoms with Crippen molar-refractivity contribution in [3.8, 4) is 0 Å². The lowest BCUT2D eigenvalue weighted by atomic mass is 10.2. The Bertz CT molecular complexity index is 497. The molecule has 4 heteroatoms. The molecule has 112 valence electrons. The van der Waals surface area contributed by atoms with E-state index in [4.69, 9.17) is 0 Å². The van der Waals surface area contributed by atoms with Crippen molar-refractivity contribution >= 4 is 23.6 Å². The van der Waals surface area contributed by atoms with Crippen LogP contribution in [0.15, 0.2) is 42.5 Å². The smallest absolute Gasteiger partial charge is 0.230 e. The minimum atomic E-state index is -0.181. The van der Waals surface area contributed by atoms with Crippen LogP contribution in [0.5, 0.6) is 0 Å². The fraction of sp³-hybridized carbons (Fsp3) is 0.412. The van der Waals surface area contributed by atoms with Crippen molar-refractivity contribution in [2.45, 2.75) is 38.0 Å². The predicted octanol–water partition coefficient (Wildman–Crippen LogP) is 3.92. The van der Waals surface area contributed by atoms with Crippen LogP contribution < -0.4 is 0 Å². The van der Waals surface area contributed by atoms with Crippen LogP contribution in [0.3, 0.4) is 0 Å². The summed E-state index contributed by atoms with van der Waals surface area (Å²) in [6.45, 7) is 2.02. The van der Waals surface area contributed by atoms with Crippen LogP contribution in [-0.4, -0.2) is 22.5 Å². The number of carbonyl (C=O) groups is 2. The summed E-state index contributed by atoms with van der Waals surface area (Å²) in [4.78, 5) is 25.5. The first kappa shape index (κ1) is 15.8. The first-order valence-electron chi connectivity index (χ1n) is 7.36. The van der Waals surface area contributed by atoms with E-state index in [0.717, 1.165) is 24.2 Å². The van der Waals surface area contributed by atoms with E-state index in [2.05, 4.69) is 6.08 Å². The molecule has 1 heterocycles. The number of nitrogens with zero attached hydrogens (tertiary/aromatic N) is 1. The molecule has 2 amide bonds. The highest BCUT2D eigenvalue weighted by molar-refractivity contribution is 7.99. The highest BCUT2D eigenvalue weighted by Gasteiger charge is 2.35. The second-order valence-electron chi connectivity index (χ2n) is 5.00. The van der Waals surface area contributed by atoms with E-state index < -0.39 is 0 Å². The molecule has 1 aromatic rings. The van der Waals surface area contributed by atoms with Gasteiger partial charge in [0, 0.05) is 12.8 Å². The van der Waals surface area contributed by atoms with Crippen LogP contribution in [0.4, 0.5) is 0 Å². The van der Waals surface area contributed by atoms with Gasteiger partial charge in [-0.2, -0.15) is 0 Å². The van der Waals surface area contributed by atoms with Gasteiger partial charge < -0.3 is 0 Å². The SMILES string of the molecule is C/C=C/CCCSC(c1ccccc1)N1C(=O)CCC1=O. The van der Waals surface area contributed by atoms with Crippen molar-refractivity contribution in [3.63, 3.8) is 0 Å². The summed E-state index contributed by atoms with van der Waals surface area (Å²) in [5.74, 6) is 0.839. The first-order valence-corrected chi connectivity index (χ1v) is 8.41. The van der Waals surface area contributed by atoms with Crippen molar-refractivity contribution in [1.29, 1.82) is 0 Å². The molecule has 2 rings (SSSR count). The molecule has 0 aromatic heterocycles. The number of unbranched alkanes of at least 4 members (excludes halogenated alkanes) is 1. The maximum absolute atomic E-state index is 12.0. The molecule has 21 heavy (non-hydrogen) atoms. The van der Waals surface area contributed by atoms with Crippen LogP contribution in [0.25, 0.3) is 0 Å². The summed E-state index contributed by atoms with van der Waals surface area (Å²) >= 11 is 1.68. The van der Waals surface area contributed by atoms with Gasteiger partial charge in [-0.05, 0) is 31.1 Å². The minimum absolute atomic E-state index is 0.0465. The van der Waals surface area contributed by atoms with Crippen LogP contribution in [0, 0.1) is 0 Å². The van der Waals surface area contributed by atoms with Gasteiger partial charge in [0.25, 0.3) is 0 Å². The van der Waals surface area contributed by atoms with Crippen molar-refractivity contribution < 1.29 is 9.59 Å². The van der Waals surface area contributed by atoms with Gasteiger partial charge in [0.05, 0.1) is 0 Å². The van der Waals surface area contributed by atoms with Crippen LogP contribution in [-0.2, 0) is 9.59 Å². The number of benzene rings is 1. The molecule has 0 bridgehead atoms. The molecule has 0 spiro atoms. The molecule has 1 atom stereocenters. The number of rotatable bonds is 7. The Morgan fingerprint density at radius 1 is 1.19 bits per heavy atom. The monoisotopic (exact) mass is 303 g/mol. The lowest BCUT2D eigenvalue weighted by Crippen LogP contribution is -2.32. The van der Waals surface area contributed by atoms with Gasteiger partial charge >= 0.3 is 0 Å².